The zero-order valence-electron chi connectivity index (χ0n) is 12.7. The Balaban J connectivity index is 2.05. The number of hydrogen-bond donors (Lipinski definition) is 1. The lowest BCUT2D eigenvalue weighted by Crippen LogP contribution is -2.53. The molecule has 2 atom stereocenters. The van der Waals surface area contributed by atoms with Crippen LogP contribution in [0.2, 0.25) is 0 Å². The summed E-state index contributed by atoms with van der Waals surface area (Å²) in [5, 5.41) is 3.52. The first-order chi connectivity index (χ1) is 10.1. The molecule has 21 heavy (non-hydrogen) atoms. The minimum Gasteiger partial charge on any atom is -0.374 e. The van der Waals surface area contributed by atoms with Crippen LogP contribution in [0.3, 0.4) is 0 Å². The van der Waals surface area contributed by atoms with Crippen molar-refractivity contribution < 1.29 is 9.13 Å². The molecule has 3 nitrogen and oxygen atoms in total. The summed E-state index contributed by atoms with van der Waals surface area (Å²) >= 11 is 3.26. The first kappa shape index (κ1) is 16.9. The van der Waals surface area contributed by atoms with Crippen LogP contribution in [-0.2, 0) is 11.2 Å². The molecule has 0 radical (unpaired) electrons. The van der Waals surface area contributed by atoms with Crippen molar-refractivity contribution in [2.24, 2.45) is 0 Å². The fourth-order valence-corrected chi connectivity index (χ4v) is 3.21. The monoisotopic (exact) mass is 358 g/mol. The van der Waals surface area contributed by atoms with E-state index in [1.54, 1.807) is 0 Å². The van der Waals surface area contributed by atoms with Gasteiger partial charge in [0, 0.05) is 19.1 Å². The van der Waals surface area contributed by atoms with Crippen molar-refractivity contribution in [3.63, 3.8) is 0 Å². The highest BCUT2D eigenvalue weighted by Crippen LogP contribution is 2.19. The Morgan fingerprint density at radius 3 is 2.95 bits per heavy atom. The lowest BCUT2D eigenvalue weighted by Gasteiger charge is -2.37. The second kappa shape index (κ2) is 8.22. The van der Waals surface area contributed by atoms with E-state index in [0.717, 1.165) is 44.8 Å². The molecule has 118 valence electrons. The van der Waals surface area contributed by atoms with Crippen LogP contribution in [0.4, 0.5) is 4.39 Å². The summed E-state index contributed by atoms with van der Waals surface area (Å²) in [5.74, 6) is -0.218. The number of nitrogens with one attached hydrogen (secondary N) is 1. The number of morpholine rings is 1. The molecule has 0 saturated carbocycles. The molecule has 1 N–H and O–H groups in total. The predicted molar refractivity (Wildman–Crippen MR) is 87.1 cm³/mol. The first-order valence-electron chi connectivity index (χ1n) is 7.65. The molecule has 0 amide bonds. The Kier molecular flexibility index (Phi) is 6.61. The number of ether oxygens (including phenoxy) is 1. The molecule has 0 spiro atoms. The zero-order chi connectivity index (χ0) is 15.2. The third-order valence-electron chi connectivity index (χ3n) is 3.98. The maximum atomic E-state index is 13.3. The highest BCUT2D eigenvalue weighted by atomic mass is 79.9. The normalized spacial score (nSPS) is 21.4. The SMILES string of the molecule is CCNC(Cc1ccc(F)c(Br)c1)C1CN(CC)CCO1. The average molecular weight is 359 g/mol. The Labute approximate surface area is 135 Å². The highest BCUT2D eigenvalue weighted by Gasteiger charge is 2.27. The van der Waals surface area contributed by atoms with E-state index in [4.69, 9.17) is 4.74 Å². The molecule has 0 aromatic heterocycles. The summed E-state index contributed by atoms with van der Waals surface area (Å²) in [6, 6.07) is 5.48. The second-order valence-corrected chi connectivity index (χ2v) is 6.27. The molecule has 1 aromatic carbocycles. The molecule has 5 heteroatoms. The van der Waals surface area contributed by atoms with Crippen LogP contribution in [0.5, 0.6) is 0 Å². The topological polar surface area (TPSA) is 24.5 Å². The van der Waals surface area contributed by atoms with E-state index in [1.165, 1.54) is 6.07 Å². The van der Waals surface area contributed by atoms with Crippen LogP contribution in [0, 0.1) is 5.82 Å². The van der Waals surface area contributed by atoms with Gasteiger partial charge >= 0.3 is 0 Å². The average Bonchev–Trinajstić information content (AvgIpc) is 2.50. The number of hydrogen-bond acceptors (Lipinski definition) is 3. The number of halogens is 2. The molecular formula is C16H24BrFN2O. The third kappa shape index (κ3) is 4.74. The highest BCUT2D eigenvalue weighted by molar-refractivity contribution is 9.10. The smallest absolute Gasteiger partial charge is 0.137 e. The maximum absolute atomic E-state index is 13.3. The lowest BCUT2D eigenvalue weighted by molar-refractivity contribution is -0.0445. The van der Waals surface area contributed by atoms with Crippen molar-refractivity contribution in [3.8, 4) is 0 Å². The quantitative estimate of drug-likeness (QED) is 0.846. The van der Waals surface area contributed by atoms with E-state index in [-0.39, 0.29) is 18.0 Å². The van der Waals surface area contributed by atoms with Crippen molar-refractivity contribution in [2.75, 3.05) is 32.8 Å². The molecule has 1 heterocycles. The van der Waals surface area contributed by atoms with Gasteiger partial charge in [0.1, 0.15) is 5.82 Å². The van der Waals surface area contributed by atoms with Gasteiger partial charge in [-0.2, -0.15) is 0 Å². The molecule has 2 unspecified atom stereocenters. The van der Waals surface area contributed by atoms with Gasteiger partial charge in [-0.3, -0.25) is 4.90 Å². The number of likely N-dealkylation sites (N-methyl/N-ethyl adjacent to an activating group) is 2. The van der Waals surface area contributed by atoms with E-state index in [0.29, 0.717) is 4.47 Å². The minimum absolute atomic E-state index is 0.183. The van der Waals surface area contributed by atoms with Crippen LogP contribution < -0.4 is 5.32 Å². The van der Waals surface area contributed by atoms with Gasteiger partial charge in [0.25, 0.3) is 0 Å². The summed E-state index contributed by atoms with van der Waals surface area (Å²) in [4.78, 5) is 2.42. The van der Waals surface area contributed by atoms with Crippen LogP contribution in [0.1, 0.15) is 19.4 Å². The fourth-order valence-electron chi connectivity index (χ4n) is 2.78. The fraction of sp³-hybridized carbons (Fsp3) is 0.625. The van der Waals surface area contributed by atoms with E-state index < -0.39 is 0 Å². The van der Waals surface area contributed by atoms with Crippen LogP contribution >= 0.6 is 15.9 Å². The largest absolute Gasteiger partial charge is 0.374 e. The Morgan fingerprint density at radius 2 is 2.29 bits per heavy atom. The van der Waals surface area contributed by atoms with Crippen LogP contribution in [0.25, 0.3) is 0 Å². The predicted octanol–water partition coefficient (Wildman–Crippen LogP) is 2.83. The molecular weight excluding hydrogens is 335 g/mol. The lowest BCUT2D eigenvalue weighted by atomic mass is 9.99. The van der Waals surface area contributed by atoms with Crippen molar-refractivity contribution in [2.45, 2.75) is 32.4 Å². The standard InChI is InChI=1S/C16H24BrFN2O/c1-3-19-15(16-11-20(4-2)7-8-21-16)10-12-5-6-14(18)13(17)9-12/h5-6,9,15-16,19H,3-4,7-8,10-11H2,1-2H3. The van der Waals surface area contributed by atoms with Gasteiger partial charge in [0.05, 0.1) is 17.2 Å². The number of benzene rings is 1. The van der Waals surface area contributed by atoms with Gasteiger partial charge in [-0.05, 0) is 53.1 Å². The molecule has 0 aliphatic carbocycles. The van der Waals surface area contributed by atoms with Crippen molar-refractivity contribution in [3.05, 3.63) is 34.1 Å². The van der Waals surface area contributed by atoms with E-state index in [2.05, 4.69) is 40.0 Å². The van der Waals surface area contributed by atoms with Gasteiger partial charge in [-0.25, -0.2) is 4.39 Å². The molecule has 1 aliphatic rings. The summed E-state index contributed by atoms with van der Waals surface area (Å²) in [6.45, 7) is 8.99. The van der Waals surface area contributed by atoms with Gasteiger partial charge in [-0.15, -0.1) is 0 Å². The molecule has 2 rings (SSSR count). The second-order valence-electron chi connectivity index (χ2n) is 5.42. The van der Waals surface area contributed by atoms with Gasteiger partial charge in [-0.1, -0.05) is 19.9 Å². The van der Waals surface area contributed by atoms with Gasteiger partial charge < -0.3 is 10.1 Å². The van der Waals surface area contributed by atoms with E-state index in [9.17, 15) is 4.39 Å². The summed E-state index contributed by atoms with van der Waals surface area (Å²) in [7, 11) is 0. The Hall–Kier alpha value is -0.490. The number of rotatable bonds is 6. The van der Waals surface area contributed by atoms with Crippen molar-refractivity contribution in [1.29, 1.82) is 0 Å². The molecule has 1 saturated heterocycles. The van der Waals surface area contributed by atoms with Crippen molar-refractivity contribution >= 4 is 15.9 Å². The first-order valence-corrected chi connectivity index (χ1v) is 8.44. The van der Waals surface area contributed by atoms with Crippen LogP contribution in [0.15, 0.2) is 22.7 Å². The molecule has 0 bridgehead atoms. The molecule has 1 aliphatic heterocycles. The van der Waals surface area contributed by atoms with E-state index in [1.807, 2.05) is 12.1 Å². The maximum Gasteiger partial charge on any atom is 0.137 e. The zero-order valence-corrected chi connectivity index (χ0v) is 14.3. The summed E-state index contributed by atoms with van der Waals surface area (Å²) < 4.78 is 19.8. The molecule has 1 fully saturated rings. The molecule has 1 aromatic rings. The van der Waals surface area contributed by atoms with E-state index >= 15 is 0 Å². The Morgan fingerprint density at radius 1 is 1.48 bits per heavy atom. The summed E-state index contributed by atoms with van der Waals surface area (Å²) in [5.41, 5.74) is 1.12. The van der Waals surface area contributed by atoms with Crippen molar-refractivity contribution in [1.82, 2.24) is 10.2 Å². The third-order valence-corrected chi connectivity index (χ3v) is 4.59. The van der Waals surface area contributed by atoms with Gasteiger partial charge in [0.2, 0.25) is 0 Å². The minimum atomic E-state index is -0.218. The number of nitrogens with zero attached hydrogens (tertiary/aromatic N) is 1. The Bertz CT molecular complexity index is 458. The van der Waals surface area contributed by atoms with Crippen LogP contribution in [-0.4, -0.2) is 49.8 Å². The van der Waals surface area contributed by atoms with Gasteiger partial charge in [0.15, 0.2) is 0 Å². The summed E-state index contributed by atoms with van der Waals surface area (Å²) in [6.07, 6.45) is 1.03.